The van der Waals surface area contributed by atoms with Crippen LogP contribution in [0.25, 0.3) is 15.9 Å². The Bertz CT molecular complexity index is 1640. The number of carbonyl (C=O) groups is 1. The van der Waals surface area contributed by atoms with E-state index >= 15 is 0 Å². The third-order valence-electron chi connectivity index (χ3n) is 6.21. The summed E-state index contributed by atoms with van der Waals surface area (Å²) in [6, 6.07) is 8.16. The molecule has 8 nitrogen and oxygen atoms in total. The van der Waals surface area contributed by atoms with Gasteiger partial charge in [0.05, 0.1) is 27.4 Å². The third-order valence-corrected chi connectivity index (χ3v) is 8.74. The highest BCUT2D eigenvalue weighted by Crippen LogP contribution is 2.36. The van der Waals surface area contributed by atoms with E-state index in [0.29, 0.717) is 31.6 Å². The second kappa shape index (κ2) is 10.2. The van der Waals surface area contributed by atoms with Gasteiger partial charge in [-0.3, -0.25) is 24.3 Å². The maximum Gasteiger partial charge on any atom is 0.271 e. The van der Waals surface area contributed by atoms with Crippen LogP contribution in [0.3, 0.4) is 0 Å². The molecule has 0 saturated carbocycles. The molecule has 0 aliphatic heterocycles. The number of aromatic nitrogens is 2. The van der Waals surface area contributed by atoms with E-state index in [1.807, 2.05) is 6.92 Å². The van der Waals surface area contributed by atoms with Gasteiger partial charge in [-0.1, -0.05) is 29.4 Å². The standard InChI is InChI=1S/C25H20ClFN4O4S2/c1-13-16(26)6-4-7-19(13)30-24(33)22-15-5-2-3-8-20(15)37-23(22)29-25(30)36-12-21(32)28-18-11-14(31(34)35)9-10-17(18)27/h4,6-7,9-11H,2-3,5,8,12H2,1H3,(H,28,32). The molecule has 0 radical (unpaired) electrons. The third kappa shape index (κ3) is 4.86. The first-order chi connectivity index (χ1) is 17.7. The first kappa shape index (κ1) is 25.4. The molecule has 0 saturated heterocycles. The minimum atomic E-state index is -0.792. The summed E-state index contributed by atoms with van der Waals surface area (Å²) >= 11 is 8.89. The van der Waals surface area contributed by atoms with Crippen molar-refractivity contribution < 1.29 is 14.1 Å². The van der Waals surface area contributed by atoms with Gasteiger partial charge < -0.3 is 5.32 Å². The molecule has 0 fully saturated rings. The van der Waals surface area contributed by atoms with Crippen LogP contribution < -0.4 is 10.9 Å². The maximum atomic E-state index is 14.2. The van der Waals surface area contributed by atoms with Crippen molar-refractivity contribution in [1.82, 2.24) is 9.55 Å². The summed E-state index contributed by atoms with van der Waals surface area (Å²) in [5, 5.41) is 14.8. The zero-order chi connectivity index (χ0) is 26.3. The van der Waals surface area contributed by atoms with Crippen LogP contribution in [0.4, 0.5) is 15.8 Å². The van der Waals surface area contributed by atoms with Crippen LogP contribution in [0.5, 0.6) is 0 Å². The van der Waals surface area contributed by atoms with Gasteiger partial charge in [-0.25, -0.2) is 9.37 Å². The van der Waals surface area contributed by atoms with Gasteiger partial charge in [0.2, 0.25) is 5.91 Å². The van der Waals surface area contributed by atoms with Gasteiger partial charge in [0, 0.05) is 22.0 Å². The highest BCUT2D eigenvalue weighted by molar-refractivity contribution is 7.99. The summed E-state index contributed by atoms with van der Waals surface area (Å²) in [5.41, 5.74) is 1.45. The first-order valence-electron chi connectivity index (χ1n) is 11.4. The Labute approximate surface area is 223 Å². The second-order valence-corrected chi connectivity index (χ2v) is 11.0. The highest BCUT2D eigenvalue weighted by atomic mass is 35.5. The molecule has 12 heteroatoms. The van der Waals surface area contributed by atoms with Gasteiger partial charge in [0.15, 0.2) is 5.16 Å². The summed E-state index contributed by atoms with van der Waals surface area (Å²) < 4.78 is 15.6. The number of hydrogen-bond donors (Lipinski definition) is 1. The number of nitrogens with one attached hydrogen (secondary N) is 1. The summed E-state index contributed by atoms with van der Waals surface area (Å²) in [7, 11) is 0. The lowest BCUT2D eigenvalue weighted by atomic mass is 9.97. The predicted molar refractivity (Wildman–Crippen MR) is 144 cm³/mol. The molecule has 190 valence electrons. The van der Waals surface area contributed by atoms with E-state index in [1.54, 1.807) is 18.2 Å². The Morgan fingerprint density at radius 3 is 2.86 bits per heavy atom. The highest BCUT2D eigenvalue weighted by Gasteiger charge is 2.24. The molecule has 1 aliphatic rings. The normalized spacial score (nSPS) is 12.9. The average Bonchev–Trinajstić information content (AvgIpc) is 3.25. The number of rotatable bonds is 6. The number of hydrogen-bond acceptors (Lipinski definition) is 7. The topological polar surface area (TPSA) is 107 Å². The van der Waals surface area contributed by atoms with Crippen molar-refractivity contribution >= 4 is 62.2 Å². The zero-order valence-electron chi connectivity index (χ0n) is 19.5. The molecule has 5 rings (SSSR count). The summed E-state index contributed by atoms with van der Waals surface area (Å²) in [4.78, 5) is 43.5. The fourth-order valence-corrected chi connectivity index (χ4v) is 6.65. The summed E-state index contributed by atoms with van der Waals surface area (Å²) in [5.74, 6) is -1.59. The number of halogens is 2. The van der Waals surface area contributed by atoms with Crippen LogP contribution in [0.1, 0.15) is 28.8 Å². The minimum absolute atomic E-state index is 0.204. The molecule has 1 aliphatic carbocycles. The molecular formula is C25H20ClFN4O4S2. The fraction of sp³-hybridized carbons (Fsp3) is 0.240. The molecule has 4 aromatic rings. The lowest BCUT2D eigenvalue weighted by molar-refractivity contribution is -0.384. The predicted octanol–water partition coefficient (Wildman–Crippen LogP) is 6.07. The smallest absolute Gasteiger partial charge is 0.271 e. The van der Waals surface area contributed by atoms with Crippen molar-refractivity contribution in [2.24, 2.45) is 0 Å². The monoisotopic (exact) mass is 558 g/mol. The van der Waals surface area contributed by atoms with E-state index in [-0.39, 0.29) is 22.7 Å². The van der Waals surface area contributed by atoms with Crippen molar-refractivity contribution in [2.45, 2.75) is 37.8 Å². The molecule has 2 aromatic heterocycles. The van der Waals surface area contributed by atoms with E-state index in [0.717, 1.165) is 61.2 Å². The van der Waals surface area contributed by atoms with E-state index < -0.39 is 16.6 Å². The number of amides is 1. The number of aryl methyl sites for hydroxylation is 2. The molecule has 1 N–H and O–H groups in total. The largest absolute Gasteiger partial charge is 0.323 e. The van der Waals surface area contributed by atoms with Gasteiger partial charge in [0.1, 0.15) is 10.6 Å². The molecule has 2 heterocycles. The van der Waals surface area contributed by atoms with Crippen LogP contribution >= 0.6 is 34.7 Å². The number of non-ortho nitro benzene ring substituents is 1. The number of benzene rings is 2. The number of thioether (sulfide) groups is 1. The minimum Gasteiger partial charge on any atom is -0.323 e. The summed E-state index contributed by atoms with van der Waals surface area (Å²) in [6.07, 6.45) is 3.81. The number of nitro groups is 1. The van der Waals surface area contributed by atoms with Gasteiger partial charge in [-0.2, -0.15) is 0 Å². The Hall–Kier alpha value is -3.28. The zero-order valence-corrected chi connectivity index (χ0v) is 21.9. The Balaban J connectivity index is 1.53. The number of fused-ring (bicyclic) bond motifs is 3. The lowest BCUT2D eigenvalue weighted by Gasteiger charge is -2.16. The number of nitrogens with zero attached hydrogens (tertiary/aromatic N) is 3. The quantitative estimate of drug-likeness (QED) is 0.133. The summed E-state index contributed by atoms with van der Waals surface area (Å²) in [6.45, 7) is 1.81. The van der Waals surface area contributed by atoms with Gasteiger partial charge in [-0.15, -0.1) is 11.3 Å². The number of anilines is 1. The Kier molecular flexibility index (Phi) is 7.02. The van der Waals surface area contributed by atoms with E-state index in [1.165, 1.54) is 20.8 Å². The Morgan fingerprint density at radius 2 is 2.08 bits per heavy atom. The average molecular weight is 559 g/mol. The number of nitro benzene ring substituents is 1. The van der Waals surface area contributed by atoms with Crippen molar-refractivity contribution in [3.8, 4) is 5.69 Å². The van der Waals surface area contributed by atoms with E-state index in [2.05, 4.69) is 5.32 Å². The number of thiophene rings is 1. The van der Waals surface area contributed by atoms with Gasteiger partial charge in [-0.05, 0) is 61.9 Å². The van der Waals surface area contributed by atoms with Gasteiger partial charge >= 0.3 is 0 Å². The molecule has 2 aromatic carbocycles. The Morgan fingerprint density at radius 1 is 1.30 bits per heavy atom. The van der Waals surface area contributed by atoms with Crippen LogP contribution in [0.2, 0.25) is 5.02 Å². The van der Waals surface area contributed by atoms with Crippen LogP contribution in [0, 0.1) is 22.9 Å². The molecule has 0 unspecified atom stereocenters. The molecular weight excluding hydrogens is 539 g/mol. The molecule has 37 heavy (non-hydrogen) atoms. The van der Waals surface area contributed by atoms with Crippen LogP contribution in [0.15, 0.2) is 46.3 Å². The number of carbonyl (C=O) groups excluding carboxylic acids is 1. The lowest BCUT2D eigenvalue weighted by Crippen LogP contribution is -2.24. The van der Waals surface area contributed by atoms with Crippen molar-refractivity contribution in [3.05, 3.63) is 83.7 Å². The first-order valence-corrected chi connectivity index (χ1v) is 13.6. The van der Waals surface area contributed by atoms with Crippen LogP contribution in [-0.2, 0) is 17.6 Å². The van der Waals surface area contributed by atoms with Crippen molar-refractivity contribution in [3.63, 3.8) is 0 Å². The molecule has 1 amide bonds. The van der Waals surface area contributed by atoms with E-state index in [4.69, 9.17) is 16.6 Å². The maximum absolute atomic E-state index is 14.2. The molecule has 0 spiro atoms. The van der Waals surface area contributed by atoms with Crippen molar-refractivity contribution in [2.75, 3.05) is 11.1 Å². The van der Waals surface area contributed by atoms with Crippen molar-refractivity contribution in [1.29, 1.82) is 0 Å². The second-order valence-electron chi connectivity index (χ2n) is 8.57. The SMILES string of the molecule is Cc1c(Cl)cccc1-n1c(SCC(=O)Nc2cc([N+](=O)[O-])ccc2F)nc2sc3c(c2c1=O)CCCC3. The van der Waals surface area contributed by atoms with E-state index in [9.17, 15) is 24.1 Å². The molecule has 0 atom stereocenters. The van der Waals surface area contributed by atoms with Crippen LogP contribution in [-0.4, -0.2) is 26.1 Å². The molecule has 0 bridgehead atoms. The van der Waals surface area contributed by atoms with Gasteiger partial charge in [0.25, 0.3) is 11.2 Å². The fourth-order valence-electron chi connectivity index (χ4n) is 4.37.